The van der Waals surface area contributed by atoms with Gasteiger partial charge < -0.3 is 4.74 Å². The van der Waals surface area contributed by atoms with Crippen LogP contribution in [0.4, 0.5) is 0 Å². The van der Waals surface area contributed by atoms with Gasteiger partial charge in [0.1, 0.15) is 6.04 Å². The maximum absolute atomic E-state index is 9.32. The summed E-state index contributed by atoms with van der Waals surface area (Å²) in [6.45, 7) is 5.36. The molecule has 1 aromatic rings. The zero-order valence-corrected chi connectivity index (χ0v) is 10.2. The molecule has 0 spiro atoms. The third kappa shape index (κ3) is 2.43. The average molecular weight is 236 g/mol. The van der Waals surface area contributed by atoms with Gasteiger partial charge in [-0.25, -0.2) is 0 Å². The Bertz CT molecular complexity index is 352. The minimum Gasteiger partial charge on any atom is -0.379 e. The summed E-state index contributed by atoms with van der Waals surface area (Å²) >= 11 is 1.73. The SMILES string of the molecule is CC(c1cccs1)C(C#N)N1CCOCC1. The molecule has 0 saturated carbocycles. The quantitative estimate of drug-likeness (QED) is 0.806. The van der Waals surface area contributed by atoms with E-state index in [0.717, 1.165) is 26.3 Å². The van der Waals surface area contributed by atoms with Crippen molar-refractivity contribution in [2.75, 3.05) is 26.3 Å². The lowest BCUT2D eigenvalue weighted by atomic mass is 9.99. The largest absolute Gasteiger partial charge is 0.379 e. The number of morpholine rings is 1. The topological polar surface area (TPSA) is 36.3 Å². The summed E-state index contributed by atoms with van der Waals surface area (Å²) in [5.41, 5.74) is 0. The molecule has 1 fully saturated rings. The fourth-order valence-electron chi connectivity index (χ4n) is 2.07. The molecule has 0 aliphatic carbocycles. The highest BCUT2D eigenvalue weighted by atomic mass is 32.1. The van der Waals surface area contributed by atoms with Crippen LogP contribution in [0, 0.1) is 11.3 Å². The molecule has 1 aliphatic heterocycles. The predicted molar refractivity (Wildman–Crippen MR) is 64.5 cm³/mol. The molecule has 1 aromatic heterocycles. The fraction of sp³-hybridized carbons (Fsp3) is 0.583. The standard InChI is InChI=1S/C12H16N2OS/c1-10(12-3-2-8-16-12)11(9-13)14-4-6-15-7-5-14/h2-3,8,10-11H,4-7H2,1H3. The van der Waals surface area contributed by atoms with Gasteiger partial charge in [-0.1, -0.05) is 13.0 Å². The van der Waals surface area contributed by atoms with Gasteiger partial charge in [-0.2, -0.15) is 5.26 Å². The van der Waals surface area contributed by atoms with Crippen molar-refractivity contribution in [1.82, 2.24) is 4.90 Å². The number of rotatable bonds is 3. The lowest BCUT2D eigenvalue weighted by Gasteiger charge is -2.33. The molecule has 86 valence electrons. The minimum atomic E-state index is -0.0254. The van der Waals surface area contributed by atoms with Crippen LogP contribution in [-0.4, -0.2) is 37.2 Å². The van der Waals surface area contributed by atoms with Crippen molar-refractivity contribution in [2.45, 2.75) is 18.9 Å². The molecule has 4 heteroatoms. The maximum Gasteiger partial charge on any atom is 0.105 e. The fourth-order valence-corrected chi connectivity index (χ4v) is 2.89. The summed E-state index contributed by atoms with van der Waals surface area (Å²) in [5, 5.41) is 11.4. The van der Waals surface area contributed by atoms with Gasteiger partial charge in [0.25, 0.3) is 0 Å². The number of ether oxygens (including phenoxy) is 1. The van der Waals surface area contributed by atoms with Crippen LogP contribution in [-0.2, 0) is 4.74 Å². The Balaban J connectivity index is 2.07. The zero-order chi connectivity index (χ0) is 11.4. The molecule has 0 N–H and O–H groups in total. The molecule has 2 heterocycles. The average Bonchev–Trinajstić information content (AvgIpc) is 2.85. The molecule has 1 aliphatic rings. The Morgan fingerprint density at radius 2 is 2.25 bits per heavy atom. The highest BCUT2D eigenvalue weighted by Crippen LogP contribution is 2.27. The summed E-state index contributed by atoms with van der Waals surface area (Å²) in [6, 6.07) is 6.57. The van der Waals surface area contributed by atoms with E-state index < -0.39 is 0 Å². The summed E-state index contributed by atoms with van der Waals surface area (Å²) in [4.78, 5) is 3.52. The first-order chi connectivity index (χ1) is 7.83. The van der Waals surface area contributed by atoms with Crippen LogP contribution in [0.2, 0.25) is 0 Å². The van der Waals surface area contributed by atoms with Crippen LogP contribution in [0.25, 0.3) is 0 Å². The van der Waals surface area contributed by atoms with E-state index in [2.05, 4.69) is 29.3 Å². The first kappa shape index (κ1) is 11.6. The van der Waals surface area contributed by atoms with Gasteiger partial charge in [-0.05, 0) is 11.4 Å². The van der Waals surface area contributed by atoms with Crippen molar-refractivity contribution in [3.63, 3.8) is 0 Å². The molecule has 1 saturated heterocycles. The monoisotopic (exact) mass is 236 g/mol. The van der Waals surface area contributed by atoms with Gasteiger partial charge in [0.05, 0.1) is 19.3 Å². The number of nitrogens with zero attached hydrogens (tertiary/aromatic N) is 2. The molecule has 0 radical (unpaired) electrons. The second-order valence-corrected chi connectivity index (χ2v) is 5.01. The van der Waals surface area contributed by atoms with E-state index in [-0.39, 0.29) is 12.0 Å². The maximum atomic E-state index is 9.32. The number of hydrogen-bond acceptors (Lipinski definition) is 4. The van der Waals surface area contributed by atoms with Gasteiger partial charge in [0.2, 0.25) is 0 Å². The summed E-state index contributed by atoms with van der Waals surface area (Å²) in [5.74, 6) is 0.281. The van der Waals surface area contributed by atoms with Crippen molar-refractivity contribution in [3.8, 4) is 6.07 Å². The van der Waals surface area contributed by atoms with Gasteiger partial charge in [0.15, 0.2) is 0 Å². The van der Waals surface area contributed by atoms with E-state index in [1.807, 2.05) is 6.07 Å². The summed E-state index contributed by atoms with van der Waals surface area (Å²) in [7, 11) is 0. The molecule has 2 unspecified atom stereocenters. The second-order valence-electron chi connectivity index (χ2n) is 4.03. The first-order valence-electron chi connectivity index (χ1n) is 5.57. The van der Waals surface area contributed by atoms with Crippen LogP contribution in [0.15, 0.2) is 17.5 Å². The summed E-state index contributed by atoms with van der Waals surface area (Å²) < 4.78 is 5.32. The van der Waals surface area contributed by atoms with Gasteiger partial charge >= 0.3 is 0 Å². The molecular formula is C12H16N2OS. The van der Waals surface area contributed by atoms with Gasteiger partial charge in [-0.3, -0.25) is 4.90 Å². The minimum absolute atomic E-state index is 0.0254. The third-order valence-electron chi connectivity index (χ3n) is 3.04. The van der Waals surface area contributed by atoms with E-state index >= 15 is 0 Å². The van der Waals surface area contributed by atoms with Crippen LogP contribution in [0.1, 0.15) is 17.7 Å². The highest BCUT2D eigenvalue weighted by Gasteiger charge is 2.27. The van der Waals surface area contributed by atoms with Crippen molar-refractivity contribution in [1.29, 1.82) is 5.26 Å². The Kier molecular flexibility index (Phi) is 3.94. The molecule has 0 amide bonds. The lowest BCUT2D eigenvalue weighted by Crippen LogP contribution is -2.45. The Hall–Kier alpha value is -0.890. The third-order valence-corrected chi connectivity index (χ3v) is 4.11. The Morgan fingerprint density at radius 3 is 2.81 bits per heavy atom. The molecule has 2 rings (SSSR count). The molecule has 2 atom stereocenters. The van der Waals surface area contributed by atoms with Crippen LogP contribution in [0.3, 0.4) is 0 Å². The number of hydrogen-bond donors (Lipinski definition) is 0. The van der Waals surface area contributed by atoms with E-state index in [9.17, 15) is 5.26 Å². The molecule has 0 aromatic carbocycles. The van der Waals surface area contributed by atoms with E-state index in [1.165, 1.54) is 4.88 Å². The Labute approximate surface area is 100 Å². The normalized spacial score (nSPS) is 21.2. The van der Waals surface area contributed by atoms with E-state index in [4.69, 9.17) is 4.74 Å². The first-order valence-corrected chi connectivity index (χ1v) is 6.45. The van der Waals surface area contributed by atoms with Gasteiger partial charge in [0, 0.05) is 23.9 Å². The van der Waals surface area contributed by atoms with Gasteiger partial charge in [-0.15, -0.1) is 11.3 Å². The van der Waals surface area contributed by atoms with E-state index in [1.54, 1.807) is 11.3 Å². The van der Waals surface area contributed by atoms with Crippen LogP contribution in [0.5, 0.6) is 0 Å². The second kappa shape index (κ2) is 5.44. The molecule has 0 bridgehead atoms. The summed E-state index contributed by atoms with van der Waals surface area (Å²) in [6.07, 6.45) is 0. The molecule has 16 heavy (non-hydrogen) atoms. The van der Waals surface area contributed by atoms with E-state index in [0.29, 0.717) is 0 Å². The zero-order valence-electron chi connectivity index (χ0n) is 9.43. The van der Waals surface area contributed by atoms with Crippen molar-refractivity contribution >= 4 is 11.3 Å². The van der Waals surface area contributed by atoms with Crippen molar-refractivity contribution < 1.29 is 4.74 Å². The number of nitriles is 1. The Morgan fingerprint density at radius 1 is 1.50 bits per heavy atom. The lowest BCUT2D eigenvalue weighted by molar-refractivity contribution is 0.0233. The highest BCUT2D eigenvalue weighted by molar-refractivity contribution is 7.10. The molecule has 3 nitrogen and oxygen atoms in total. The van der Waals surface area contributed by atoms with Crippen molar-refractivity contribution in [2.24, 2.45) is 0 Å². The smallest absolute Gasteiger partial charge is 0.105 e. The predicted octanol–water partition coefficient (Wildman–Crippen LogP) is 2.08. The molecular weight excluding hydrogens is 220 g/mol. The number of thiophene rings is 1. The van der Waals surface area contributed by atoms with Crippen LogP contribution < -0.4 is 0 Å². The van der Waals surface area contributed by atoms with Crippen molar-refractivity contribution in [3.05, 3.63) is 22.4 Å². The van der Waals surface area contributed by atoms with Crippen LogP contribution >= 0.6 is 11.3 Å².